The summed E-state index contributed by atoms with van der Waals surface area (Å²) in [5, 5.41) is 0. The van der Waals surface area contributed by atoms with Crippen molar-refractivity contribution in [3.8, 4) is 0 Å². The second-order valence-corrected chi connectivity index (χ2v) is 2.08. The molecule has 0 amide bonds. The maximum atomic E-state index is 12.0. The SMILES string of the molecule is FCC(F)(F)C(F)C(F)C(F)F. The van der Waals surface area contributed by atoms with E-state index in [4.69, 9.17) is 0 Å². The van der Waals surface area contributed by atoms with Crippen LogP contribution in [0.2, 0.25) is 0 Å². The number of rotatable bonds is 4. The lowest BCUT2D eigenvalue weighted by Crippen LogP contribution is -2.42. The van der Waals surface area contributed by atoms with Crippen LogP contribution >= 0.6 is 0 Å². The summed E-state index contributed by atoms with van der Waals surface area (Å²) >= 11 is 0. The summed E-state index contributed by atoms with van der Waals surface area (Å²) in [5.74, 6) is -4.68. The summed E-state index contributed by atoms with van der Waals surface area (Å²) in [6.07, 6.45) is -11.3. The topological polar surface area (TPSA) is 0 Å². The van der Waals surface area contributed by atoms with Crippen LogP contribution in [0.5, 0.6) is 0 Å². The van der Waals surface area contributed by atoms with E-state index in [1.807, 2.05) is 0 Å². The molecule has 7 heteroatoms. The lowest BCUT2D eigenvalue weighted by Gasteiger charge is -2.19. The van der Waals surface area contributed by atoms with Crippen molar-refractivity contribution >= 4 is 0 Å². The van der Waals surface area contributed by atoms with Crippen LogP contribution in [0.15, 0.2) is 0 Å². The first kappa shape index (κ1) is 11.5. The summed E-state index contributed by atoms with van der Waals surface area (Å²) in [4.78, 5) is 0. The molecule has 0 aromatic heterocycles. The molecular formula is C5H5F7. The fourth-order valence-corrected chi connectivity index (χ4v) is 0.434. The van der Waals surface area contributed by atoms with Gasteiger partial charge < -0.3 is 0 Å². The van der Waals surface area contributed by atoms with Crippen LogP contribution in [0.25, 0.3) is 0 Å². The van der Waals surface area contributed by atoms with E-state index in [0.717, 1.165) is 0 Å². The molecule has 0 bridgehead atoms. The summed E-state index contributed by atoms with van der Waals surface area (Å²) in [6.45, 7) is -2.50. The molecule has 0 aromatic carbocycles. The molecule has 0 saturated carbocycles. The molecule has 74 valence electrons. The third-order valence-corrected chi connectivity index (χ3v) is 1.10. The van der Waals surface area contributed by atoms with Gasteiger partial charge in [-0.15, -0.1) is 0 Å². The Morgan fingerprint density at radius 3 is 1.67 bits per heavy atom. The molecule has 0 saturated heterocycles. The largest absolute Gasteiger partial charge is 0.309 e. The van der Waals surface area contributed by atoms with Gasteiger partial charge in [0.15, 0.2) is 12.8 Å². The predicted molar refractivity (Wildman–Crippen MR) is 26.7 cm³/mol. The quantitative estimate of drug-likeness (QED) is 0.609. The molecule has 2 unspecified atom stereocenters. The van der Waals surface area contributed by atoms with Gasteiger partial charge in [0, 0.05) is 0 Å². The number of hydrogen-bond donors (Lipinski definition) is 0. The van der Waals surface area contributed by atoms with Crippen molar-refractivity contribution in [3.05, 3.63) is 0 Å². The number of hydrogen-bond acceptors (Lipinski definition) is 0. The lowest BCUT2D eigenvalue weighted by molar-refractivity contribution is -0.136. The zero-order chi connectivity index (χ0) is 9.94. The average Bonchev–Trinajstić information content (AvgIpc) is 2.01. The van der Waals surface area contributed by atoms with Crippen molar-refractivity contribution in [1.29, 1.82) is 0 Å². The molecule has 0 N–H and O–H groups in total. The van der Waals surface area contributed by atoms with Crippen LogP contribution in [-0.2, 0) is 0 Å². The van der Waals surface area contributed by atoms with E-state index in [-0.39, 0.29) is 0 Å². The Kier molecular flexibility index (Phi) is 3.79. The van der Waals surface area contributed by atoms with Gasteiger partial charge in [0.25, 0.3) is 6.43 Å². The predicted octanol–water partition coefficient (Wildman–Crippen LogP) is 2.53. The molecule has 12 heavy (non-hydrogen) atoms. The van der Waals surface area contributed by atoms with E-state index in [9.17, 15) is 30.7 Å². The Morgan fingerprint density at radius 2 is 1.42 bits per heavy atom. The maximum absolute atomic E-state index is 12.0. The van der Waals surface area contributed by atoms with Crippen molar-refractivity contribution in [2.45, 2.75) is 24.7 Å². The van der Waals surface area contributed by atoms with E-state index in [1.54, 1.807) is 0 Å². The average molecular weight is 198 g/mol. The van der Waals surface area contributed by atoms with E-state index < -0.39 is 31.4 Å². The summed E-state index contributed by atoms with van der Waals surface area (Å²) < 4.78 is 81.3. The molecule has 2 atom stereocenters. The Balaban J connectivity index is 4.27. The number of alkyl halides is 7. The highest BCUT2D eigenvalue weighted by Crippen LogP contribution is 2.28. The molecule has 0 fully saturated rings. The third kappa shape index (κ3) is 2.53. The van der Waals surface area contributed by atoms with Gasteiger partial charge in [-0.3, -0.25) is 0 Å². The fourth-order valence-electron chi connectivity index (χ4n) is 0.434. The van der Waals surface area contributed by atoms with Gasteiger partial charge in [0.1, 0.15) is 0 Å². The smallest absolute Gasteiger partial charge is 0.244 e. The zero-order valence-electron chi connectivity index (χ0n) is 5.58. The van der Waals surface area contributed by atoms with E-state index in [2.05, 4.69) is 0 Å². The Labute approximate surface area is 63.4 Å². The van der Waals surface area contributed by atoms with Gasteiger partial charge in [-0.1, -0.05) is 0 Å². The monoisotopic (exact) mass is 198 g/mol. The first-order chi connectivity index (χ1) is 5.33. The molecule has 0 aliphatic heterocycles. The highest BCUT2D eigenvalue weighted by Gasteiger charge is 2.48. The van der Waals surface area contributed by atoms with Crippen LogP contribution in [0.3, 0.4) is 0 Å². The molecule has 0 heterocycles. The highest BCUT2D eigenvalue weighted by atomic mass is 19.3. The van der Waals surface area contributed by atoms with Crippen LogP contribution in [0.4, 0.5) is 30.7 Å². The molecule has 0 aromatic rings. The van der Waals surface area contributed by atoms with Crippen LogP contribution < -0.4 is 0 Å². The van der Waals surface area contributed by atoms with Crippen molar-refractivity contribution in [2.75, 3.05) is 6.67 Å². The summed E-state index contributed by atoms with van der Waals surface area (Å²) in [7, 11) is 0. The second kappa shape index (κ2) is 3.95. The minimum atomic E-state index is -4.68. The van der Waals surface area contributed by atoms with Crippen LogP contribution in [-0.4, -0.2) is 31.4 Å². The van der Waals surface area contributed by atoms with Crippen molar-refractivity contribution in [2.24, 2.45) is 0 Å². The molecule has 0 nitrogen and oxygen atoms in total. The molecule has 0 aliphatic rings. The van der Waals surface area contributed by atoms with Crippen LogP contribution in [0.1, 0.15) is 0 Å². The van der Waals surface area contributed by atoms with Crippen LogP contribution in [0, 0.1) is 0 Å². The van der Waals surface area contributed by atoms with Crippen molar-refractivity contribution in [1.82, 2.24) is 0 Å². The van der Waals surface area contributed by atoms with Gasteiger partial charge >= 0.3 is 5.92 Å². The lowest BCUT2D eigenvalue weighted by atomic mass is 10.1. The standard InChI is InChI=1S/C5H5F7/c6-1-5(11,12)3(8)2(7)4(9)10/h2-4H,1H2. The van der Waals surface area contributed by atoms with Gasteiger partial charge in [-0.25, -0.2) is 30.7 Å². The second-order valence-electron chi connectivity index (χ2n) is 2.08. The maximum Gasteiger partial charge on any atom is 0.309 e. The molecular weight excluding hydrogens is 193 g/mol. The minimum absolute atomic E-state index is 2.50. The summed E-state index contributed by atoms with van der Waals surface area (Å²) in [5.41, 5.74) is 0. The molecule has 0 radical (unpaired) electrons. The normalized spacial score (nSPS) is 18.0. The van der Waals surface area contributed by atoms with E-state index in [1.165, 1.54) is 0 Å². The van der Waals surface area contributed by atoms with Gasteiger partial charge in [-0.05, 0) is 0 Å². The first-order valence-corrected chi connectivity index (χ1v) is 2.83. The molecule has 0 rings (SSSR count). The van der Waals surface area contributed by atoms with Gasteiger partial charge in [0.2, 0.25) is 6.17 Å². The van der Waals surface area contributed by atoms with Gasteiger partial charge in [0.05, 0.1) is 0 Å². The van der Waals surface area contributed by atoms with Crippen molar-refractivity contribution < 1.29 is 30.7 Å². The summed E-state index contributed by atoms with van der Waals surface area (Å²) in [6, 6.07) is 0. The Morgan fingerprint density at radius 1 is 1.00 bits per heavy atom. The van der Waals surface area contributed by atoms with Gasteiger partial charge in [-0.2, -0.15) is 0 Å². The van der Waals surface area contributed by atoms with Crippen molar-refractivity contribution in [3.63, 3.8) is 0 Å². The fraction of sp³-hybridized carbons (Fsp3) is 1.00. The molecule has 0 spiro atoms. The Bertz CT molecular complexity index is 134. The molecule has 0 aliphatic carbocycles. The number of halogens is 7. The third-order valence-electron chi connectivity index (χ3n) is 1.10. The first-order valence-electron chi connectivity index (χ1n) is 2.83. The Hall–Kier alpha value is -0.490. The van der Waals surface area contributed by atoms with E-state index in [0.29, 0.717) is 0 Å². The minimum Gasteiger partial charge on any atom is -0.244 e. The van der Waals surface area contributed by atoms with E-state index >= 15 is 0 Å². The highest BCUT2D eigenvalue weighted by molar-refractivity contribution is 4.84. The zero-order valence-corrected chi connectivity index (χ0v) is 5.58.